The van der Waals surface area contributed by atoms with Crippen molar-refractivity contribution in [2.45, 2.75) is 6.92 Å². The average molecular weight is 311 g/mol. The third-order valence-electron chi connectivity index (χ3n) is 2.65. The van der Waals surface area contributed by atoms with Crippen LogP contribution in [-0.2, 0) is 0 Å². The van der Waals surface area contributed by atoms with E-state index >= 15 is 0 Å². The molecule has 0 amide bonds. The summed E-state index contributed by atoms with van der Waals surface area (Å²) in [5.74, 6) is 0.693. The van der Waals surface area contributed by atoms with Gasteiger partial charge in [0, 0.05) is 0 Å². The average Bonchev–Trinajstić information content (AvgIpc) is 2.41. The molecule has 6 heteroatoms. The van der Waals surface area contributed by atoms with Gasteiger partial charge in [-0.3, -0.25) is 0 Å². The molecule has 0 bridgehead atoms. The molecule has 0 atom stereocenters. The van der Waals surface area contributed by atoms with Gasteiger partial charge in [-0.15, -0.1) is 0 Å². The van der Waals surface area contributed by atoms with Gasteiger partial charge in [0.15, 0.2) is 5.84 Å². The molecular weight excluding hydrogens is 299 g/mol. The molecule has 2 aromatic carbocycles. The summed E-state index contributed by atoms with van der Waals surface area (Å²) in [6, 6.07) is 10.4. The lowest BCUT2D eigenvalue weighted by Gasteiger charge is -2.12. The quantitative estimate of drug-likeness (QED) is 0.386. The minimum Gasteiger partial charge on any atom is -0.455 e. The van der Waals surface area contributed by atoms with E-state index in [-0.39, 0.29) is 5.84 Å². The van der Waals surface area contributed by atoms with Crippen molar-refractivity contribution in [2.75, 3.05) is 0 Å². The molecule has 104 valence electrons. The summed E-state index contributed by atoms with van der Waals surface area (Å²) in [6.45, 7) is 1.93. The van der Waals surface area contributed by atoms with Gasteiger partial charge in [0.25, 0.3) is 0 Å². The van der Waals surface area contributed by atoms with Gasteiger partial charge in [-0.25, -0.2) is 0 Å². The second-order valence-corrected chi connectivity index (χ2v) is 4.95. The monoisotopic (exact) mass is 310 g/mol. The van der Waals surface area contributed by atoms with Gasteiger partial charge in [0.1, 0.15) is 11.5 Å². The molecule has 2 aromatic rings. The fraction of sp³-hybridized carbons (Fsp3) is 0.0714. The van der Waals surface area contributed by atoms with E-state index in [1.54, 1.807) is 30.3 Å². The number of amidine groups is 1. The lowest BCUT2D eigenvalue weighted by molar-refractivity contribution is 0.318. The zero-order valence-corrected chi connectivity index (χ0v) is 12.1. The number of hydrogen-bond donors (Lipinski definition) is 2. The fourth-order valence-electron chi connectivity index (χ4n) is 1.70. The molecule has 0 radical (unpaired) electrons. The van der Waals surface area contributed by atoms with Gasteiger partial charge in [-0.05, 0) is 36.8 Å². The maximum Gasteiger partial charge on any atom is 0.175 e. The summed E-state index contributed by atoms with van der Waals surface area (Å²) in [5.41, 5.74) is 6.95. The van der Waals surface area contributed by atoms with Gasteiger partial charge < -0.3 is 15.7 Å². The molecule has 0 unspecified atom stereocenters. The van der Waals surface area contributed by atoms with E-state index in [9.17, 15) is 0 Å². The van der Waals surface area contributed by atoms with E-state index in [0.717, 1.165) is 5.56 Å². The molecule has 20 heavy (non-hydrogen) atoms. The van der Waals surface area contributed by atoms with Crippen LogP contribution < -0.4 is 10.5 Å². The zero-order valence-electron chi connectivity index (χ0n) is 10.6. The summed E-state index contributed by atoms with van der Waals surface area (Å²) in [6.07, 6.45) is 0. The van der Waals surface area contributed by atoms with Crippen LogP contribution in [0.4, 0.5) is 0 Å². The molecule has 2 rings (SSSR count). The Morgan fingerprint density at radius 3 is 2.55 bits per heavy atom. The Hall–Kier alpha value is -1.91. The predicted octanol–water partition coefficient (Wildman–Crippen LogP) is 4.19. The first-order valence-corrected chi connectivity index (χ1v) is 6.49. The maximum atomic E-state index is 8.82. The van der Waals surface area contributed by atoms with E-state index in [1.165, 1.54) is 0 Å². The van der Waals surface area contributed by atoms with E-state index in [2.05, 4.69) is 5.16 Å². The van der Waals surface area contributed by atoms with Gasteiger partial charge in [0.05, 0.1) is 15.6 Å². The zero-order chi connectivity index (χ0) is 14.7. The van der Waals surface area contributed by atoms with Gasteiger partial charge in [-0.1, -0.05) is 40.5 Å². The summed E-state index contributed by atoms with van der Waals surface area (Å²) in [7, 11) is 0. The second-order valence-electron chi connectivity index (χ2n) is 4.13. The number of halogens is 2. The molecule has 0 spiro atoms. The topological polar surface area (TPSA) is 67.8 Å². The Kier molecular flexibility index (Phi) is 4.37. The smallest absolute Gasteiger partial charge is 0.175 e. The molecule has 0 fully saturated rings. The number of nitrogens with two attached hydrogens (primary N) is 1. The van der Waals surface area contributed by atoms with E-state index in [1.807, 2.05) is 13.0 Å². The largest absolute Gasteiger partial charge is 0.455 e. The number of ether oxygens (including phenoxy) is 1. The highest BCUT2D eigenvalue weighted by Gasteiger charge is 2.14. The maximum absolute atomic E-state index is 8.82. The first-order chi connectivity index (χ1) is 9.52. The number of benzene rings is 2. The lowest BCUT2D eigenvalue weighted by Crippen LogP contribution is -2.14. The van der Waals surface area contributed by atoms with Crippen LogP contribution in [0.5, 0.6) is 11.5 Å². The van der Waals surface area contributed by atoms with Crippen molar-refractivity contribution in [1.82, 2.24) is 0 Å². The van der Waals surface area contributed by atoms with Gasteiger partial charge in [-0.2, -0.15) is 0 Å². The summed E-state index contributed by atoms with van der Waals surface area (Å²) in [5, 5.41) is 12.6. The van der Waals surface area contributed by atoms with Crippen LogP contribution in [0.15, 0.2) is 41.6 Å². The molecule has 0 aliphatic heterocycles. The predicted molar refractivity (Wildman–Crippen MR) is 80.2 cm³/mol. The molecule has 4 nitrogen and oxygen atoms in total. The minimum atomic E-state index is -0.131. The normalized spacial score (nSPS) is 11.4. The van der Waals surface area contributed by atoms with Crippen LogP contribution in [0, 0.1) is 6.92 Å². The number of hydrogen-bond acceptors (Lipinski definition) is 3. The van der Waals surface area contributed by atoms with Crippen molar-refractivity contribution >= 4 is 29.0 Å². The Labute approximate surface area is 126 Å². The van der Waals surface area contributed by atoms with Crippen LogP contribution >= 0.6 is 23.2 Å². The Balaban J connectivity index is 2.46. The van der Waals surface area contributed by atoms with Crippen LogP contribution in [0.1, 0.15) is 11.1 Å². The van der Waals surface area contributed by atoms with Crippen molar-refractivity contribution in [3.8, 4) is 11.5 Å². The van der Waals surface area contributed by atoms with Crippen LogP contribution in [-0.4, -0.2) is 11.0 Å². The summed E-state index contributed by atoms with van der Waals surface area (Å²) < 4.78 is 5.71. The number of aryl methyl sites for hydroxylation is 1. The van der Waals surface area contributed by atoms with Crippen LogP contribution in [0.2, 0.25) is 10.0 Å². The molecule has 0 heterocycles. The number of nitrogens with zero attached hydrogens (tertiary/aromatic N) is 1. The first kappa shape index (κ1) is 14.5. The van der Waals surface area contributed by atoms with Crippen molar-refractivity contribution < 1.29 is 9.94 Å². The van der Waals surface area contributed by atoms with Crippen molar-refractivity contribution in [3.05, 3.63) is 57.6 Å². The third-order valence-corrected chi connectivity index (χ3v) is 3.26. The van der Waals surface area contributed by atoms with Crippen molar-refractivity contribution in [1.29, 1.82) is 0 Å². The Morgan fingerprint density at radius 1 is 1.15 bits per heavy atom. The summed E-state index contributed by atoms with van der Waals surface area (Å²) in [4.78, 5) is 0. The molecule has 3 N–H and O–H groups in total. The molecule has 0 saturated carbocycles. The fourth-order valence-corrected chi connectivity index (χ4v) is 2.23. The molecule has 0 aliphatic rings. The van der Waals surface area contributed by atoms with Crippen LogP contribution in [0.25, 0.3) is 0 Å². The Bertz CT molecular complexity index is 672. The molecule has 0 aromatic heterocycles. The highest BCUT2D eigenvalue weighted by Crippen LogP contribution is 2.34. The van der Waals surface area contributed by atoms with Gasteiger partial charge >= 0.3 is 0 Å². The van der Waals surface area contributed by atoms with Crippen molar-refractivity contribution in [3.63, 3.8) is 0 Å². The number of oxime groups is 1. The first-order valence-electron chi connectivity index (χ1n) is 5.73. The SMILES string of the molecule is Cc1ccc(Oc2cccc(Cl)c2C(N)=NO)c(Cl)c1. The van der Waals surface area contributed by atoms with Crippen molar-refractivity contribution in [2.24, 2.45) is 10.9 Å². The lowest BCUT2D eigenvalue weighted by atomic mass is 10.2. The Morgan fingerprint density at radius 2 is 1.90 bits per heavy atom. The molecule has 0 aliphatic carbocycles. The standard InChI is InChI=1S/C14H12Cl2N2O2/c1-8-5-6-11(10(16)7-8)20-12-4-2-3-9(15)13(12)14(17)18-19/h2-7,19H,1H3,(H2,17,18). The van der Waals surface area contributed by atoms with E-state index in [4.69, 9.17) is 38.9 Å². The van der Waals surface area contributed by atoms with E-state index in [0.29, 0.717) is 27.1 Å². The van der Waals surface area contributed by atoms with Crippen LogP contribution in [0.3, 0.4) is 0 Å². The molecular formula is C14H12Cl2N2O2. The highest BCUT2D eigenvalue weighted by molar-refractivity contribution is 6.34. The summed E-state index contributed by atoms with van der Waals surface area (Å²) >= 11 is 12.2. The van der Waals surface area contributed by atoms with Gasteiger partial charge in [0.2, 0.25) is 0 Å². The third kappa shape index (κ3) is 2.98. The number of rotatable bonds is 3. The minimum absolute atomic E-state index is 0.131. The second kappa shape index (κ2) is 6.03. The highest BCUT2D eigenvalue weighted by atomic mass is 35.5. The molecule has 0 saturated heterocycles. The van der Waals surface area contributed by atoms with E-state index < -0.39 is 0 Å².